The van der Waals surface area contributed by atoms with E-state index in [0.717, 1.165) is 17.5 Å². The van der Waals surface area contributed by atoms with Crippen LogP contribution in [0.25, 0.3) is 10.9 Å². The molecule has 0 spiro atoms. The molecule has 0 amide bonds. The van der Waals surface area contributed by atoms with Crippen molar-refractivity contribution >= 4 is 10.9 Å². The number of aromatic nitrogens is 1. The number of para-hydroxylation sites is 1. The van der Waals surface area contributed by atoms with Gasteiger partial charge in [-0.05, 0) is 36.1 Å². The molecule has 2 nitrogen and oxygen atoms in total. The lowest BCUT2D eigenvalue weighted by Gasteiger charge is -2.11. The van der Waals surface area contributed by atoms with Crippen LogP contribution in [0.5, 0.6) is 0 Å². The van der Waals surface area contributed by atoms with Gasteiger partial charge in [0.1, 0.15) is 0 Å². The van der Waals surface area contributed by atoms with E-state index in [9.17, 15) is 5.26 Å². The van der Waals surface area contributed by atoms with Crippen molar-refractivity contribution in [3.05, 3.63) is 71.4 Å². The third-order valence-electron chi connectivity index (χ3n) is 3.82. The Morgan fingerprint density at radius 1 is 1.10 bits per heavy atom. The molecule has 3 rings (SSSR count). The van der Waals surface area contributed by atoms with Gasteiger partial charge in [-0.2, -0.15) is 5.26 Å². The van der Waals surface area contributed by atoms with Crippen molar-refractivity contribution in [2.75, 3.05) is 0 Å². The van der Waals surface area contributed by atoms with Crippen LogP contribution in [0.1, 0.15) is 22.6 Å². The Bertz CT molecular complexity index is 777. The minimum Gasteiger partial charge on any atom is -0.361 e. The highest BCUT2D eigenvalue weighted by Crippen LogP contribution is 2.27. The van der Waals surface area contributed by atoms with E-state index in [4.69, 9.17) is 0 Å². The van der Waals surface area contributed by atoms with Gasteiger partial charge in [0.15, 0.2) is 0 Å². The van der Waals surface area contributed by atoms with Crippen LogP contribution in [0.2, 0.25) is 0 Å². The summed E-state index contributed by atoms with van der Waals surface area (Å²) in [5.41, 5.74) is 4.64. The van der Waals surface area contributed by atoms with Crippen LogP contribution in [0.15, 0.2) is 54.7 Å². The van der Waals surface area contributed by atoms with Crippen molar-refractivity contribution in [2.45, 2.75) is 19.3 Å². The Morgan fingerprint density at radius 3 is 2.65 bits per heavy atom. The summed E-state index contributed by atoms with van der Waals surface area (Å²) in [5, 5.41) is 10.7. The van der Waals surface area contributed by atoms with Gasteiger partial charge in [0.2, 0.25) is 0 Å². The molecule has 0 aliphatic rings. The first-order valence-electron chi connectivity index (χ1n) is 6.79. The predicted molar refractivity (Wildman–Crippen MR) is 81.5 cm³/mol. The van der Waals surface area contributed by atoms with E-state index in [1.54, 1.807) is 0 Å². The summed E-state index contributed by atoms with van der Waals surface area (Å²) in [6.07, 6.45) is 2.76. The third-order valence-corrected chi connectivity index (χ3v) is 3.82. The second-order valence-electron chi connectivity index (χ2n) is 5.10. The average Bonchev–Trinajstić information content (AvgIpc) is 2.89. The molecule has 1 N–H and O–H groups in total. The maximum absolute atomic E-state index is 9.51. The largest absolute Gasteiger partial charge is 0.361 e. The molecule has 1 heterocycles. The van der Waals surface area contributed by atoms with Gasteiger partial charge in [-0.15, -0.1) is 0 Å². The van der Waals surface area contributed by atoms with Gasteiger partial charge in [-0.25, -0.2) is 0 Å². The third kappa shape index (κ3) is 2.19. The Balaban J connectivity index is 1.97. The number of fused-ring (bicyclic) bond motifs is 1. The Hall–Kier alpha value is -2.53. The van der Waals surface area contributed by atoms with E-state index in [0.29, 0.717) is 0 Å². The van der Waals surface area contributed by atoms with Crippen molar-refractivity contribution in [3.8, 4) is 6.07 Å². The molecule has 1 aromatic heterocycles. The molecule has 98 valence electrons. The molecule has 0 saturated heterocycles. The summed E-state index contributed by atoms with van der Waals surface area (Å²) in [6, 6.07) is 18.8. The van der Waals surface area contributed by atoms with E-state index in [1.165, 1.54) is 16.5 Å². The molecule has 0 aliphatic carbocycles. The van der Waals surface area contributed by atoms with Crippen molar-refractivity contribution in [1.29, 1.82) is 5.26 Å². The zero-order valence-electron chi connectivity index (χ0n) is 11.4. The summed E-state index contributed by atoms with van der Waals surface area (Å²) in [6.45, 7) is 2.06. The molecular formula is C18H16N2. The Labute approximate surface area is 118 Å². The van der Waals surface area contributed by atoms with E-state index in [-0.39, 0.29) is 5.92 Å². The zero-order chi connectivity index (χ0) is 13.9. The maximum atomic E-state index is 9.51. The van der Waals surface area contributed by atoms with Crippen molar-refractivity contribution in [3.63, 3.8) is 0 Å². The fourth-order valence-electron chi connectivity index (χ4n) is 2.72. The lowest BCUT2D eigenvalue weighted by atomic mass is 9.90. The van der Waals surface area contributed by atoms with Gasteiger partial charge in [0.05, 0.1) is 12.0 Å². The Kier molecular flexibility index (Phi) is 3.26. The van der Waals surface area contributed by atoms with Crippen LogP contribution >= 0.6 is 0 Å². The lowest BCUT2D eigenvalue weighted by molar-refractivity contribution is 0.846. The number of H-pyrrole nitrogens is 1. The highest BCUT2D eigenvalue weighted by Gasteiger charge is 2.15. The van der Waals surface area contributed by atoms with Crippen molar-refractivity contribution in [1.82, 2.24) is 4.98 Å². The second kappa shape index (κ2) is 5.22. The highest BCUT2D eigenvalue weighted by atomic mass is 14.7. The van der Waals surface area contributed by atoms with Crippen LogP contribution in [0.4, 0.5) is 0 Å². The lowest BCUT2D eigenvalue weighted by Crippen LogP contribution is -2.02. The first kappa shape index (κ1) is 12.5. The number of nitriles is 1. The minimum absolute atomic E-state index is 0.101. The molecular weight excluding hydrogens is 244 g/mol. The number of hydrogen-bond acceptors (Lipinski definition) is 1. The molecule has 0 aliphatic heterocycles. The molecule has 2 heteroatoms. The molecule has 1 unspecified atom stereocenters. The van der Waals surface area contributed by atoms with Gasteiger partial charge in [0.25, 0.3) is 0 Å². The number of benzene rings is 2. The van der Waals surface area contributed by atoms with Crippen LogP contribution < -0.4 is 0 Å². The molecule has 0 bridgehead atoms. The van der Waals surface area contributed by atoms with Crippen molar-refractivity contribution < 1.29 is 0 Å². The number of nitrogens with one attached hydrogen (secondary N) is 1. The number of hydrogen-bond donors (Lipinski definition) is 1. The fourth-order valence-corrected chi connectivity index (χ4v) is 2.72. The number of aryl methyl sites for hydroxylation is 1. The summed E-state index contributed by atoms with van der Waals surface area (Å²) in [7, 11) is 0. The fraction of sp³-hybridized carbons (Fsp3) is 0.167. The smallest absolute Gasteiger partial charge is 0.0756 e. The first-order chi connectivity index (χ1) is 9.79. The summed E-state index contributed by atoms with van der Waals surface area (Å²) >= 11 is 0. The summed E-state index contributed by atoms with van der Waals surface area (Å²) in [4.78, 5) is 3.27. The normalized spacial score (nSPS) is 12.2. The van der Waals surface area contributed by atoms with Crippen LogP contribution in [-0.4, -0.2) is 4.98 Å². The van der Waals surface area contributed by atoms with Gasteiger partial charge >= 0.3 is 0 Å². The second-order valence-corrected chi connectivity index (χ2v) is 5.10. The van der Waals surface area contributed by atoms with Gasteiger partial charge in [-0.3, -0.25) is 0 Å². The topological polar surface area (TPSA) is 39.6 Å². The molecule has 3 aromatic rings. The highest BCUT2D eigenvalue weighted by molar-refractivity contribution is 5.83. The molecule has 2 aromatic carbocycles. The molecule has 0 saturated carbocycles. The summed E-state index contributed by atoms with van der Waals surface area (Å²) in [5.74, 6) is -0.101. The number of aromatic amines is 1. The van der Waals surface area contributed by atoms with Gasteiger partial charge in [-0.1, -0.05) is 42.5 Å². The minimum atomic E-state index is -0.101. The van der Waals surface area contributed by atoms with E-state index < -0.39 is 0 Å². The van der Waals surface area contributed by atoms with Crippen molar-refractivity contribution in [2.24, 2.45) is 0 Å². The van der Waals surface area contributed by atoms with Gasteiger partial charge < -0.3 is 4.98 Å². The van der Waals surface area contributed by atoms with Crippen LogP contribution in [-0.2, 0) is 6.42 Å². The number of nitrogens with zero attached hydrogens (tertiary/aromatic N) is 1. The van der Waals surface area contributed by atoms with E-state index in [2.05, 4.69) is 42.2 Å². The predicted octanol–water partition coefficient (Wildman–Crippen LogP) is 4.33. The monoisotopic (exact) mass is 260 g/mol. The molecule has 0 radical (unpaired) electrons. The maximum Gasteiger partial charge on any atom is 0.0756 e. The van der Waals surface area contributed by atoms with Crippen LogP contribution in [0, 0.1) is 18.3 Å². The SMILES string of the molecule is Cc1ccccc1C(C#N)Cc1c[nH]c2ccccc12. The van der Waals surface area contributed by atoms with Crippen LogP contribution in [0.3, 0.4) is 0 Å². The van der Waals surface area contributed by atoms with E-state index in [1.807, 2.05) is 30.5 Å². The van der Waals surface area contributed by atoms with E-state index >= 15 is 0 Å². The quantitative estimate of drug-likeness (QED) is 0.748. The average molecular weight is 260 g/mol. The van der Waals surface area contributed by atoms with Gasteiger partial charge in [0, 0.05) is 17.1 Å². The molecule has 20 heavy (non-hydrogen) atoms. The summed E-state index contributed by atoms with van der Waals surface area (Å²) < 4.78 is 0. The zero-order valence-corrected chi connectivity index (χ0v) is 11.4. The molecule has 1 atom stereocenters. The molecule has 0 fully saturated rings. The number of rotatable bonds is 3. The first-order valence-corrected chi connectivity index (χ1v) is 6.79. The standard InChI is InChI=1S/C18H16N2/c1-13-6-2-3-7-16(13)14(11-19)10-15-12-20-18-9-5-4-8-17(15)18/h2-9,12,14,20H,10H2,1H3. The Morgan fingerprint density at radius 2 is 1.85 bits per heavy atom.